The minimum atomic E-state index is -0.481. The van der Waals surface area contributed by atoms with Crippen molar-refractivity contribution in [3.8, 4) is 0 Å². The number of hydrogen-bond acceptors (Lipinski definition) is 6. The van der Waals surface area contributed by atoms with E-state index in [0.29, 0.717) is 23.9 Å². The summed E-state index contributed by atoms with van der Waals surface area (Å²) in [5.41, 5.74) is 0.126. The lowest BCUT2D eigenvalue weighted by molar-refractivity contribution is 0.0709. The topological polar surface area (TPSA) is 78.4 Å². The van der Waals surface area contributed by atoms with Crippen LogP contribution in [0.3, 0.4) is 0 Å². The number of aromatic nitrogens is 2. The van der Waals surface area contributed by atoms with E-state index in [1.165, 1.54) is 23.5 Å². The Bertz CT molecular complexity index is 1160. The zero-order valence-corrected chi connectivity index (χ0v) is 19.5. The summed E-state index contributed by atoms with van der Waals surface area (Å²) in [5.74, 6) is 0.349. The molecule has 2 fully saturated rings. The van der Waals surface area contributed by atoms with Gasteiger partial charge >= 0.3 is 0 Å². The fraction of sp³-hybridized carbons (Fsp3) is 0.360. The van der Waals surface area contributed by atoms with Crippen LogP contribution in [-0.2, 0) is 0 Å². The quantitative estimate of drug-likeness (QED) is 0.604. The number of rotatable bonds is 5. The molecule has 2 saturated heterocycles. The summed E-state index contributed by atoms with van der Waals surface area (Å²) in [6.45, 7) is 2.72. The Labute approximate surface area is 201 Å². The number of nitrogens with zero attached hydrogens (tertiary/aromatic N) is 4. The van der Waals surface area contributed by atoms with Crippen molar-refractivity contribution in [3.05, 3.63) is 75.9 Å². The molecular weight excluding hydrogens is 453 g/mol. The minimum Gasteiger partial charge on any atom is -0.353 e. The van der Waals surface area contributed by atoms with Crippen LogP contribution < -0.4 is 10.2 Å². The fourth-order valence-corrected chi connectivity index (χ4v) is 5.75. The standard InChI is InChI=1S/C25H26FN5O2S/c26-20-5-2-1-4-19(20)25(33)30-13-9-17(10-14-30)21-7-8-22(34-21)24(32)28-18-11-15-31(16-18)23-6-3-12-27-29-23/h1-8,12,17-18H,9-11,13-16H2,(H,28,32)/t18-/m0/s1. The van der Waals surface area contributed by atoms with Gasteiger partial charge in [-0.25, -0.2) is 4.39 Å². The molecular formula is C25H26FN5O2S. The molecule has 0 saturated carbocycles. The van der Waals surface area contributed by atoms with Gasteiger partial charge in [-0.2, -0.15) is 5.10 Å². The van der Waals surface area contributed by atoms with E-state index < -0.39 is 5.82 Å². The van der Waals surface area contributed by atoms with Crippen molar-refractivity contribution in [2.24, 2.45) is 0 Å². The van der Waals surface area contributed by atoms with E-state index >= 15 is 0 Å². The molecule has 3 aromatic rings. The van der Waals surface area contributed by atoms with Crippen molar-refractivity contribution in [2.45, 2.75) is 31.2 Å². The van der Waals surface area contributed by atoms with Crippen LogP contribution in [0.1, 0.15) is 50.1 Å². The third kappa shape index (κ3) is 4.79. The summed E-state index contributed by atoms with van der Waals surface area (Å²) in [7, 11) is 0. The number of halogens is 1. The van der Waals surface area contributed by atoms with Gasteiger partial charge in [-0.1, -0.05) is 12.1 Å². The first-order chi connectivity index (χ1) is 16.6. The molecule has 2 amide bonds. The number of likely N-dealkylation sites (tertiary alicyclic amines) is 1. The monoisotopic (exact) mass is 479 g/mol. The maximum atomic E-state index is 14.0. The lowest BCUT2D eigenvalue weighted by Gasteiger charge is -2.31. The van der Waals surface area contributed by atoms with E-state index in [9.17, 15) is 14.0 Å². The summed E-state index contributed by atoms with van der Waals surface area (Å²) < 4.78 is 14.0. The molecule has 2 aliphatic heterocycles. The van der Waals surface area contributed by atoms with Gasteiger partial charge < -0.3 is 15.1 Å². The number of nitrogens with one attached hydrogen (secondary N) is 1. The molecule has 1 atom stereocenters. The third-order valence-electron chi connectivity index (χ3n) is 6.55. The van der Waals surface area contributed by atoms with Gasteiger partial charge in [0.05, 0.1) is 10.4 Å². The van der Waals surface area contributed by atoms with Gasteiger partial charge in [0.1, 0.15) is 5.82 Å². The molecule has 1 N–H and O–H groups in total. The summed E-state index contributed by atoms with van der Waals surface area (Å²) in [5, 5.41) is 11.2. The second-order valence-corrected chi connectivity index (χ2v) is 9.85. The Morgan fingerprint density at radius 1 is 1.00 bits per heavy atom. The summed E-state index contributed by atoms with van der Waals surface area (Å²) >= 11 is 1.53. The first kappa shape index (κ1) is 22.5. The lowest BCUT2D eigenvalue weighted by atomic mass is 9.95. The molecule has 7 nitrogen and oxygen atoms in total. The van der Waals surface area contributed by atoms with Crippen molar-refractivity contribution >= 4 is 29.0 Å². The van der Waals surface area contributed by atoms with E-state index in [4.69, 9.17) is 0 Å². The van der Waals surface area contributed by atoms with Crippen LogP contribution in [0.25, 0.3) is 0 Å². The predicted molar refractivity (Wildman–Crippen MR) is 129 cm³/mol. The van der Waals surface area contributed by atoms with Gasteiger partial charge in [0.2, 0.25) is 0 Å². The van der Waals surface area contributed by atoms with Crippen LogP contribution in [-0.4, -0.2) is 59.1 Å². The Balaban J connectivity index is 1.14. The highest BCUT2D eigenvalue weighted by Crippen LogP contribution is 2.33. The third-order valence-corrected chi connectivity index (χ3v) is 7.79. The van der Waals surface area contributed by atoms with Gasteiger partial charge in [0.25, 0.3) is 11.8 Å². The largest absolute Gasteiger partial charge is 0.353 e. The SMILES string of the molecule is O=C(N[C@H]1CCN(c2cccnn2)C1)c1ccc(C2CCN(C(=O)c3ccccc3F)CC2)s1. The van der Waals surface area contributed by atoms with Gasteiger partial charge in [-0.15, -0.1) is 16.4 Å². The molecule has 34 heavy (non-hydrogen) atoms. The van der Waals surface area contributed by atoms with Crippen molar-refractivity contribution in [3.63, 3.8) is 0 Å². The number of hydrogen-bond donors (Lipinski definition) is 1. The number of amides is 2. The maximum absolute atomic E-state index is 14.0. The van der Waals surface area contributed by atoms with Crippen LogP contribution in [0, 0.1) is 5.82 Å². The number of carbonyl (C=O) groups excluding carboxylic acids is 2. The number of piperidine rings is 1. The molecule has 4 heterocycles. The molecule has 0 radical (unpaired) electrons. The first-order valence-corrected chi connectivity index (χ1v) is 12.4. The van der Waals surface area contributed by atoms with Gasteiger partial charge in [-0.3, -0.25) is 9.59 Å². The minimum absolute atomic E-state index is 0.0468. The second kappa shape index (κ2) is 9.89. The first-order valence-electron chi connectivity index (χ1n) is 11.6. The van der Waals surface area contributed by atoms with Crippen LogP contribution >= 0.6 is 11.3 Å². The molecule has 0 aliphatic carbocycles. The Hall–Kier alpha value is -3.33. The van der Waals surface area contributed by atoms with Gasteiger partial charge in [0.15, 0.2) is 5.82 Å². The highest BCUT2D eigenvalue weighted by molar-refractivity contribution is 7.14. The molecule has 9 heteroatoms. The average Bonchev–Trinajstić information content (AvgIpc) is 3.55. The molecule has 0 unspecified atom stereocenters. The fourth-order valence-electron chi connectivity index (χ4n) is 4.67. The molecule has 2 aromatic heterocycles. The maximum Gasteiger partial charge on any atom is 0.261 e. The van der Waals surface area contributed by atoms with E-state index in [1.54, 1.807) is 23.2 Å². The van der Waals surface area contributed by atoms with Crippen LogP contribution in [0.15, 0.2) is 54.7 Å². The highest BCUT2D eigenvalue weighted by atomic mass is 32.1. The van der Waals surface area contributed by atoms with E-state index in [-0.39, 0.29) is 23.4 Å². The Morgan fingerprint density at radius 2 is 1.82 bits per heavy atom. The molecule has 0 bridgehead atoms. The van der Waals surface area contributed by atoms with Crippen LogP contribution in [0.2, 0.25) is 0 Å². The summed E-state index contributed by atoms with van der Waals surface area (Å²) in [4.78, 5) is 31.2. The Kier molecular flexibility index (Phi) is 6.53. The highest BCUT2D eigenvalue weighted by Gasteiger charge is 2.28. The van der Waals surface area contributed by atoms with Crippen molar-refractivity contribution in [1.29, 1.82) is 0 Å². The van der Waals surface area contributed by atoms with Crippen LogP contribution in [0.4, 0.5) is 10.2 Å². The van der Waals surface area contributed by atoms with E-state index in [0.717, 1.165) is 43.0 Å². The lowest BCUT2D eigenvalue weighted by Crippen LogP contribution is -2.38. The van der Waals surface area contributed by atoms with E-state index in [2.05, 4.69) is 20.4 Å². The molecule has 2 aliphatic rings. The van der Waals surface area contributed by atoms with Crippen molar-refractivity contribution in [2.75, 3.05) is 31.1 Å². The van der Waals surface area contributed by atoms with E-state index in [1.807, 2.05) is 24.3 Å². The number of thiophene rings is 1. The smallest absolute Gasteiger partial charge is 0.261 e. The average molecular weight is 480 g/mol. The second-order valence-electron chi connectivity index (χ2n) is 8.74. The molecule has 1 aromatic carbocycles. The normalized spacial score (nSPS) is 18.8. The summed E-state index contributed by atoms with van der Waals surface area (Å²) in [6.07, 6.45) is 4.13. The molecule has 176 valence electrons. The van der Waals surface area contributed by atoms with Crippen molar-refractivity contribution < 1.29 is 14.0 Å². The van der Waals surface area contributed by atoms with Gasteiger partial charge in [-0.05, 0) is 61.6 Å². The zero-order chi connectivity index (χ0) is 23.5. The number of carbonyl (C=O) groups is 2. The Morgan fingerprint density at radius 3 is 2.59 bits per heavy atom. The summed E-state index contributed by atoms with van der Waals surface area (Å²) in [6, 6.07) is 13.9. The zero-order valence-electron chi connectivity index (χ0n) is 18.7. The number of benzene rings is 1. The van der Waals surface area contributed by atoms with Gasteiger partial charge in [0, 0.05) is 43.3 Å². The van der Waals surface area contributed by atoms with Crippen molar-refractivity contribution in [1.82, 2.24) is 20.4 Å². The number of anilines is 1. The predicted octanol–water partition coefficient (Wildman–Crippen LogP) is 3.71. The molecule has 0 spiro atoms. The van der Waals surface area contributed by atoms with Crippen LogP contribution in [0.5, 0.6) is 0 Å². The molecule has 5 rings (SSSR count).